The molecule has 10 heteroatoms. The van der Waals surface area contributed by atoms with Crippen molar-refractivity contribution < 1.29 is 26.3 Å². The first kappa shape index (κ1) is 27.2. The van der Waals surface area contributed by atoms with E-state index in [1.165, 1.54) is 61.8 Å². The Morgan fingerprint density at radius 3 is 2.00 bits per heavy atom. The van der Waals surface area contributed by atoms with Crippen molar-refractivity contribution in [2.24, 2.45) is 0 Å². The molecular weight excluding hydrogens is 488 g/mol. The SMILES string of the molecule is COc1ccc(CN(CCC2=CCCCC2)S(=O)(=O)c2ccc(S(=O)(=O)N(C)C)cc2)cc1OC. The standard InChI is InChI=1S/C25H34N2O6S2/c1-26(2)34(28,29)22-11-13-23(14-12-22)35(30,31)27(17-16-20-8-6-5-7-9-20)19-21-10-15-24(32-3)25(18-21)33-4/h8,10-15,18H,5-7,9,16-17,19H2,1-4H3. The van der Waals surface area contributed by atoms with E-state index in [-0.39, 0.29) is 16.3 Å². The third-order valence-corrected chi connectivity index (χ3v) is 9.80. The molecule has 0 unspecified atom stereocenters. The van der Waals surface area contributed by atoms with Gasteiger partial charge in [-0.2, -0.15) is 4.31 Å². The number of nitrogens with zero attached hydrogens (tertiary/aromatic N) is 2. The summed E-state index contributed by atoms with van der Waals surface area (Å²) in [6.07, 6.45) is 7.17. The molecule has 1 aliphatic rings. The van der Waals surface area contributed by atoms with Crippen LogP contribution in [0.15, 0.2) is 63.9 Å². The average molecular weight is 523 g/mol. The number of hydrogen-bond acceptors (Lipinski definition) is 6. The number of methoxy groups -OCH3 is 2. The minimum atomic E-state index is -3.89. The van der Waals surface area contributed by atoms with E-state index in [2.05, 4.69) is 6.08 Å². The van der Waals surface area contributed by atoms with Gasteiger partial charge in [0, 0.05) is 27.2 Å². The molecule has 1 aliphatic carbocycles. The zero-order valence-electron chi connectivity index (χ0n) is 20.7. The van der Waals surface area contributed by atoms with Gasteiger partial charge in [-0.25, -0.2) is 21.1 Å². The predicted molar refractivity (Wildman–Crippen MR) is 136 cm³/mol. The van der Waals surface area contributed by atoms with Crippen molar-refractivity contribution in [2.45, 2.75) is 48.4 Å². The molecule has 0 fully saturated rings. The molecular formula is C25H34N2O6S2. The number of sulfonamides is 2. The maximum Gasteiger partial charge on any atom is 0.243 e. The summed E-state index contributed by atoms with van der Waals surface area (Å²) >= 11 is 0. The highest BCUT2D eigenvalue weighted by Crippen LogP contribution is 2.30. The quantitative estimate of drug-likeness (QED) is 0.414. The van der Waals surface area contributed by atoms with Gasteiger partial charge in [-0.15, -0.1) is 0 Å². The van der Waals surface area contributed by atoms with Gasteiger partial charge in [-0.05, 0) is 74.1 Å². The van der Waals surface area contributed by atoms with E-state index >= 15 is 0 Å². The Labute approximate surface area is 209 Å². The Balaban J connectivity index is 1.93. The number of allylic oxidation sites excluding steroid dienone is 1. The highest BCUT2D eigenvalue weighted by molar-refractivity contribution is 7.89. The van der Waals surface area contributed by atoms with Gasteiger partial charge >= 0.3 is 0 Å². The van der Waals surface area contributed by atoms with E-state index < -0.39 is 20.0 Å². The van der Waals surface area contributed by atoms with Gasteiger partial charge in [0.2, 0.25) is 20.0 Å². The second-order valence-corrected chi connectivity index (χ2v) is 12.7. The topological polar surface area (TPSA) is 93.2 Å². The monoisotopic (exact) mass is 522 g/mol. The molecule has 3 rings (SSSR count). The molecule has 2 aromatic rings. The van der Waals surface area contributed by atoms with E-state index in [0.717, 1.165) is 29.1 Å². The van der Waals surface area contributed by atoms with Crippen molar-refractivity contribution >= 4 is 20.0 Å². The molecule has 0 bridgehead atoms. The molecule has 0 saturated carbocycles. The Kier molecular flexibility index (Phi) is 8.98. The third kappa shape index (κ3) is 6.43. The molecule has 0 atom stereocenters. The minimum Gasteiger partial charge on any atom is -0.493 e. The average Bonchev–Trinajstić information content (AvgIpc) is 2.86. The van der Waals surface area contributed by atoms with Crippen molar-refractivity contribution in [2.75, 3.05) is 34.9 Å². The van der Waals surface area contributed by atoms with Crippen LogP contribution in [0.1, 0.15) is 37.7 Å². The van der Waals surface area contributed by atoms with Crippen LogP contribution in [0.3, 0.4) is 0 Å². The zero-order chi connectivity index (χ0) is 25.6. The van der Waals surface area contributed by atoms with Gasteiger partial charge in [-0.1, -0.05) is 17.7 Å². The van der Waals surface area contributed by atoms with E-state index in [4.69, 9.17) is 9.47 Å². The van der Waals surface area contributed by atoms with Gasteiger partial charge in [0.1, 0.15) is 0 Å². The van der Waals surface area contributed by atoms with Crippen LogP contribution in [-0.4, -0.2) is 60.3 Å². The lowest BCUT2D eigenvalue weighted by molar-refractivity contribution is 0.353. The highest BCUT2D eigenvalue weighted by atomic mass is 32.2. The first-order valence-electron chi connectivity index (χ1n) is 11.5. The summed E-state index contributed by atoms with van der Waals surface area (Å²) in [5.74, 6) is 1.09. The van der Waals surface area contributed by atoms with Crippen LogP contribution >= 0.6 is 0 Å². The first-order valence-corrected chi connectivity index (χ1v) is 14.4. The van der Waals surface area contributed by atoms with Crippen LogP contribution in [0.4, 0.5) is 0 Å². The molecule has 0 saturated heterocycles. The van der Waals surface area contributed by atoms with Crippen molar-refractivity contribution in [1.82, 2.24) is 8.61 Å². The number of hydrogen-bond donors (Lipinski definition) is 0. The van der Waals surface area contributed by atoms with Crippen LogP contribution in [0.5, 0.6) is 11.5 Å². The van der Waals surface area contributed by atoms with Crippen LogP contribution in [0.25, 0.3) is 0 Å². The minimum absolute atomic E-state index is 0.0419. The van der Waals surface area contributed by atoms with E-state index in [1.807, 2.05) is 6.07 Å². The predicted octanol–water partition coefficient (Wildman–Crippen LogP) is 4.04. The Bertz CT molecular complexity index is 1250. The first-order chi connectivity index (χ1) is 16.6. The molecule has 8 nitrogen and oxygen atoms in total. The van der Waals surface area contributed by atoms with Crippen LogP contribution in [0.2, 0.25) is 0 Å². The molecule has 0 heterocycles. The van der Waals surface area contributed by atoms with Crippen LogP contribution in [0, 0.1) is 0 Å². The van der Waals surface area contributed by atoms with Crippen molar-refractivity contribution in [1.29, 1.82) is 0 Å². The molecule has 0 N–H and O–H groups in total. The fourth-order valence-corrected chi connectivity index (χ4v) is 6.34. The summed E-state index contributed by atoms with van der Waals surface area (Å²) in [6.45, 7) is 0.466. The third-order valence-electron chi connectivity index (χ3n) is 6.11. The number of rotatable bonds is 11. The summed E-state index contributed by atoms with van der Waals surface area (Å²) in [5.41, 5.74) is 2.03. The van der Waals surface area contributed by atoms with Gasteiger partial charge in [0.25, 0.3) is 0 Å². The Hall–Kier alpha value is -2.40. The lowest BCUT2D eigenvalue weighted by Gasteiger charge is -2.24. The maximum atomic E-state index is 13.7. The second-order valence-electron chi connectivity index (χ2n) is 8.64. The van der Waals surface area contributed by atoms with Gasteiger partial charge in [0.15, 0.2) is 11.5 Å². The van der Waals surface area contributed by atoms with Crippen LogP contribution < -0.4 is 9.47 Å². The molecule has 35 heavy (non-hydrogen) atoms. The lowest BCUT2D eigenvalue weighted by atomic mass is 9.97. The normalized spacial score (nSPS) is 14.7. The van der Waals surface area contributed by atoms with Crippen molar-refractivity contribution in [3.05, 3.63) is 59.7 Å². The summed E-state index contributed by atoms with van der Waals surface area (Å²) in [4.78, 5) is 0.0913. The van der Waals surface area contributed by atoms with Crippen molar-refractivity contribution in [3.63, 3.8) is 0 Å². The zero-order valence-corrected chi connectivity index (χ0v) is 22.4. The largest absolute Gasteiger partial charge is 0.493 e. The number of ether oxygens (including phenoxy) is 2. The Morgan fingerprint density at radius 1 is 0.829 bits per heavy atom. The molecule has 2 aromatic carbocycles. The maximum absolute atomic E-state index is 13.7. The van der Waals surface area contributed by atoms with E-state index in [1.54, 1.807) is 19.2 Å². The summed E-state index contributed by atoms with van der Waals surface area (Å²) in [7, 11) is -1.59. The van der Waals surface area contributed by atoms with Gasteiger partial charge in [-0.3, -0.25) is 0 Å². The van der Waals surface area contributed by atoms with E-state index in [0.29, 0.717) is 24.5 Å². The fraction of sp³-hybridized carbons (Fsp3) is 0.440. The molecule has 0 spiro atoms. The Morgan fingerprint density at radius 2 is 1.46 bits per heavy atom. The highest BCUT2D eigenvalue weighted by Gasteiger charge is 2.26. The second kappa shape index (κ2) is 11.6. The molecule has 0 radical (unpaired) electrons. The lowest BCUT2D eigenvalue weighted by Crippen LogP contribution is -2.32. The summed E-state index contributed by atoms with van der Waals surface area (Å²) < 4.78 is 65.4. The van der Waals surface area contributed by atoms with Gasteiger partial charge < -0.3 is 9.47 Å². The summed E-state index contributed by atoms with van der Waals surface area (Å²) in [5, 5.41) is 0. The van der Waals surface area contributed by atoms with Crippen molar-refractivity contribution in [3.8, 4) is 11.5 Å². The molecule has 192 valence electrons. The van der Waals surface area contributed by atoms with E-state index in [9.17, 15) is 16.8 Å². The fourth-order valence-electron chi connectivity index (χ4n) is 4.01. The smallest absolute Gasteiger partial charge is 0.243 e. The molecule has 0 aromatic heterocycles. The number of benzene rings is 2. The van der Waals surface area contributed by atoms with Gasteiger partial charge in [0.05, 0.1) is 24.0 Å². The summed E-state index contributed by atoms with van der Waals surface area (Å²) in [6, 6.07) is 10.7. The molecule has 0 aliphatic heterocycles. The van der Waals surface area contributed by atoms with Crippen LogP contribution in [-0.2, 0) is 26.6 Å². The molecule has 0 amide bonds.